The summed E-state index contributed by atoms with van der Waals surface area (Å²) in [6, 6.07) is 17.6. The largest absolute Gasteiger partial charge is 0.501 e. The van der Waals surface area contributed by atoms with Gasteiger partial charge in [0, 0.05) is 13.5 Å². The number of rotatable bonds is 5. The molecule has 0 bridgehead atoms. The zero-order valence-corrected chi connectivity index (χ0v) is 14.2. The molecule has 0 heterocycles. The standard InChI is InChI=1S/C19H19O3P/c1-21-15-12-14-8-6-7-11-17(14)19(13-15,22-2)18(20)23-16-9-4-3-5-10-16/h3-12,23H,13H2,1-2H3. The number of hydrogen-bond donors (Lipinski definition) is 0. The summed E-state index contributed by atoms with van der Waals surface area (Å²) in [5.74, 6) is 0.761. The van der Waals surface area contributed by atoms with E-state index in [0.29, 0.717) is 6.42 Å². The summed E-state index contributed by atoms with van der Waals surface area (Å²) in [5.41, 5.74) is 0.979. The number of benzene rings is 2. The molecule has 1 aliphatic rings. The summed E-state index contributed by atoms with van der Waals surface area (Å²) in [6.07, 6.45) is 2.40. The molecule has 0 saturated carbocycles. The highest BCUT2D eigenvalue weighted by molar-refractivity contribution is 7.65. The zero-order chi connectivity index (χ0) is 16.3. The molecule has 118 valence electrons. The molecule has 0 N–H and O–H groups in total. The van der Waals surface area contributed by atoms with Crippen LogP contribution in [0.25, 0.3) is 6.08 Å². The van der Waals surface area contributed by atoms with Crippen molar-refractivity contribution in [3.05, 3.63) is 71.5 Å². The lowest BCUT2D eigenvalue weighted by Gasteiger charge is -2.36. The van der Waals surface area contributed by atoms with E-state index in [1.54, 1.807) is 14.2 Å². The molecule has 2 aromatic carbocycles. The predicted octanol–water partition coefficient (Wildman–Crippen LogP) is 3.45. The van der Waals surface area contributed by atoms with Gasteiger partial charge in [0.15, 0.2) is 11.1 Å². The Balaban J connectivity index is 2.03. The molecule has 0 fully saturated rings. The van der Waals surface area contributed by atoms with Crippen LogP contribution in [0, 0.1) is 0 Å². The SMILES string of the molecule is COC1=Cc2ccccc2C(OC)(C(=O)Pc2ccccc2)C1. The van der Waals surface area contributed by atoms with E-state index in [2.05, 4.69) is 0 Å². The van der Waals surface area contributed by atoms with Crippen molar-refractivity contribution in [2.75, 3.05) is 14.2 Å². The molecule has 0 amide bonds. The van der Waals surface area contributed by atoms with E-state index in [0.717, 1.165) is 22.2 Å². The molecule has 4 heteroatoms. The Labute approximate surface area is 138 Å². The Bertz CT molecular complexity index is 739. The van der Waals surface area contributed by atoms with Gasteiger partial charge in [0.1, 0.15) is 0 Å². The first-order valence-electron chi connectivity index (χ1n) is 7.45. The second kappa shape index (κ2) is 6.66. The lowest BCUT2D eigenvalue weighted by Crippen LogP contribution is -2.39. The topological polar surface area (TPSA) is 35.5 Å². The molecule has 0 saturated heterocycles. The van der Waals surface area contributed by atoms with Crippen LogP contribution in [0.15, 0.2) is 60.4 Å². The van der Waals surface area contributed by atoms with Crippen LogP contribution in [-0.2, 0) is 19.9 Å². The smallest absolute Gasteiger partial charge is 0.192 e. The van der Waals surface area contributed by atoms with Crippen LogP contribution in [0.2, 0.25) is 0 Å². The van der Waals surface area contributed by atoms with Crippen molar-refractivity contribution in [3.8, 4) is 0 Å². The highest BCUT2D eigenvalue weighted by Crippen LogP contribution is 2.44. The zero-order valence-electron chi connectivity index (χ0n) is 13.2. The summed E-state index contributed by atoms with van der Waals surface area (Å²) in [4.78, 5) is 13.1. The van der Waals surface area contributed by atoms with Crippen molar-refractivity contribution < 1.29 is 14.3 Å². The van der Waals surface area contributed by atoms with Crippen molar-refractivity contribution in [2.45, 2.75) is 12.0 Å². The highest BCUT2D eigenvalue weighted by Gasteiger charge is 2.44. The average molecular weight is 326 g/mol. The van der Waals surface area contributed by atoms with Gasteiger partial charge in [0.25, 0.3) is 0 Å². The van der Waals surface area contributed by atoms with E-state index in [1.165, 1.54) is 0 Å². The van der Waals surface area contributed by atoms with Crippen molar-refractivity contribution in [2.24, 2.45) is 0 Å². The van der Waals surface area contributed by atoms with Crippen LogP contribution in [0.3, 0.4) is 0 Å². The van der Waals surface area contributed by atoms with Gasteiger partial charge in [-0.1, -0.05) is 54.6 Å². The maximum Gasteiger partial charge on any atom is 0.192 e. The quantitative estimate of drug-likeness (QED) is 0.790. The number of ether oxygens (including phenoxy) is 2. The van der Waals surface area contributed by atoms with Gasteiger partial charge in [0.2, 0.25) is 0 Å². The van der Waals surface area contributed by atoms with Crippen molar-refractivity contribution in [1.29, 1.82) is 0 Å². The number of fused-ring (bicyclic) bond motifs is 1. The van der Waals surface area contributed by atoms with E-state index >= 15 is 0 Å². The van der Waals surface area contributed by atoms with E-state index in [9.17, 15) is 4.79 Å². The summed E-state index contributed by atoms with van der Waals surface area (Å²) in [5, 5.41) is 1.01. The van der Waals surface area contributed by atoms with Gasteiger partial charge in [-0.25, -0.2) is 0 Å². The van der Waals surface area contributed by atoms with E-state index in [-0.39, 0.29) is 14.1 Å². The molecule has 0 radical (unpaired) electrons. The molecule has 0 aromatic heterocycles. The van der Waals surface area contributed by atoms with Gasteiger partial charge in [0.05, 0.1) is 12.9 Å². The molecule has 23 heavy (non-hydrogen) atoms. The van der Waals surface area contributed by atoms with Gasteiger partial charge in [-0.05, 0) is 31.1 Å². The Hall–Kier alpha value is -1.96. The monoisotopic (exact) mass is 326 g/mol. The molecule has 2 aromatic rings. The molecular weight excluding hydrogens is 307 g/mol. The van der Waals surface area contributed by atoms with Gasteiger partial charge < -0.3 is 9.47 Å². The molecule has 1 aliphatic carbocycles. The van der Waals surface area contributed by atoms with Crippen LogP contribution in [-0.4, -0.2) is 19.7 Å². The third kappa shape index (κ3) is 2.95. The Kier molecular flexibility index (Phi) is 4.61. The number of hydrogen-bond acceptors (Lipinski definition) is 3. The fourth-order valence-electron chi connectivity index (χ4n) is 2.92. The van der Waals surface area contributed by atoms with Crippen LogP contribution >= 0.6 is 8.58 Å². The molecule has 0 aliphatic heterocycles. The maximum absolute atomic E-state index is 13.1. The molecule has 2 atom stereocenters. The third-order valence-corrected chi connectivity index (χ3v) is 5.40. The Morgan fingerprint density at radius 2 is 1.74 bits per heavy atom. The predicted molar refractivity (Wildman–Crippen MR) is 94.1 cm³/mol. The van der Waals surface area contributed by atoms with Crippen LogP contribution in [0.5, 0.6) is 0 Å². The van der Waals surface area contributed by atoms with Gasteiger partial charge in [-0.15, -0.1) is 0 Å². The fraction of sp³-hybridized carbons (Fsp3) is 0.211. The highest BCUT2D eigenvalue weighted by atomic mass is 31.1. The Morgan fingerprint density at radius 3 is 2.43 bits per heavy atom. The number of carbonyl (C=O) groups is 1. The van der Waals surface area contributed by atoms with Crippen molar-refractivity contribution >= 4 is 25.5 Å². The normalized spacial score (nSPS) is 20.2. The second-order valence-corrected chi connectivity index (χ2v) is 6.71. The molecule has 2 unspecified atom stereocenters. The van der Waals surface area contributed by atoms with Gasteiger partial charge >= 0.3 is 0 Å². The van der Waals surface area contributed by atoms with Gasteiger partial charge in [-0.3, -0.25) is 4.79 Å². The summed E-state index contributed by atoms with van der Waals surface area (Å²) >= 11 is 0. The lowest BCUT2D eigenvalue weighted by molar-refractivity contribution is -0.134. The van der Waals surface area contributed by atoms with Crippen LogP contribution in [0.1, 0.15) is 17.5 Å². The van der Waals surface area contributed by atoms with Crippen molar-refractivity contribution in [1.82, 2.24) is 0 Å². The first-order valence-corrected chi connectivity index (χ1v) is 8.45. The summed E-state index contributed by atoms with van der Waals surface area (Å²) in [7, 11) is 3.27. The van der Waals surface area contributed by atoms with E-state index < -0.39 is 5.60 Å². The first-order chi connectivity index (χ1) is 11.2. The van der Waals surface area contributed by atoms with Crippen LogP contribution < -0.4 is 5.30 Å². The van der Waals surface area contributed by atoms with E-state index in [1.807, 2.05) is 60.7 Å². The molecular formula is C19H19O3P. The second-order valence-electron chi connectivity index (χ2n) is 5.43. The number of carbonyl (C=O) groups excluding carboxylic acids is 1. The van der Waals surface area contributed by atoms with Gasteiger partial charge in [-0.2, -0.15) is 0 Å². The molecule has 0 spiro atoms. The van der Waals surface area contributed by atoms with E-state index in [4.69, 9.17) is 9.47 Å². The lowest BCUT2D eigenvalue weighted by atomic mass is 9.82. The summed E-state index contributed by atoms with van der Waals surface area (Å²) < 4.78 is 11.2. The Morgan fingerprint density at radius 1 is 1.04 bits per heavy atom. The number of methoxy groups -OCH3 is 2. The first kappa shape index (κ1) is 15.9. The molecule has 3 nitrogen and oxygen atoms in total. The minimum atomic E-state index is -0.981. The van der Waals surface area contributed by atoms with Crippen LogP contribution in [0.4, 0.5) is 0 Å². The average Bonchev–Trinajstić information content (AvgIpc) is 2.61. The third-order valence-electron chi connectivity index (χ3n) is 4.14. The molecule has 3 rings (SSSR count). The summed E-state index contributed by atoms with van der Waals surface area (Å²) in [6.45, 7) is 0. The fourth-order valence-corrected chi connectivity index (χ4v) is 4.07. The van der Waals surface area contributed by atoms with Crippen molar-refractivity contribution in [3.63, 3.8) is 0 Å². The minimum absolute atomic E-state index is 0.0435. The minimum Gasteiger partial charge on any atom is -0.501 e. The maximum atomic E-state index is 13.1.